The van der Waals surface area contributed by atoms with Gasteiger partial charge in [0.15, 0.2) is 0 Å². The highest BCUT2D eigenvalue weighted by Crippen LogP contribution is 2.44. The van der Waals surface area contributed by atoms with Gasteiger partial charge in [0.25, 0.3) is 5.92 Å². The maximum Gasteiger partial charge on any atom is 0.407 e. The van der Waals surface area contributed by atoms with Crippen LogP contribution in [0.2, 0.25) is 0 Å². The van der Waals surface area contributed by atoms with Crippen LogP contribution in [0, 0.1) is 5.92 Å². The summed E-state index contributed by atoms with van der Waals surface area (Å²) in [6.45, 7) is -0.662. The van der Waals surface area contributed by atoms with Crippen molar-refractivity contribution in [3.63, 3.8) is 0 Å². The van der Waals surface area contributed by atoms with Gasteiger partial charge in [-0.15, -0.1) is 0 Å². The van der Waals surface area contributed by atoms with Crippen molar-refractivity contribution < 1.29 is 33.0 Å². The number of benzene rings is 2. The average molecular weight is 484 g/mol. The first-order valence-corrected chi connectivity index (χ1v) is 11.7. The highest BCUT2D eigenvalue weighted by molar-refractivity contribution is 5.85. The minimum Gasteiger partial charge on any atom is -0.480 e. The fourth-order valence-corrected chi connectivity index (χ4v) is 5.49. The van der Waals surface area contributed by atoms with Crippen molar-refractivity contribution in [2.75, 3.05) is 13.2 Å². The summed E-state index contributed by atoms with van der Waals surface area (Å²) in [5, 5.41) is 12.0. The maximum absolute atomic E-state index is 13.6. The van der Waals surface area contributed by atoms with Gasteiger partial charge < -0.3 is 20.1 Å². The zero-order chi connectivity index (χ0) is 24.7. The SMILES string of the molecule is O=C(NC1CC(CC(=O)N2CC(F)(F)C[C@@H]2C(=O)O)C1)OCC1c2ccccc2-c2ccccc21. The van der Waals surface area contributed by atoms with Gasteiger partial charge in [0, 0.05) is 24.8 Å². The fraction of sp³-hybridized carbons (Fsp3) is 0.423. The van der Waals surface area contributed by atoms with Gasteiger partial charge in [-0.05, 0) is 41.0 Å². The molecule has 5 rings (SSSR count). The molecule has 2 N–H and O–H groups in total. The molecule has 0 bridgehead atoms. The Kier molecular flexibility index (Phi) is 5.94. The molecule has 1 aliphatic heterocycles. The van der Waals surface area contributed by atoms with E-state index in [1.807, 2.05) is 36.4 Å². The third-order valence-electron chi connectivity index (χ3n) is 7.24. The quantitative estimate of drug-likeness (QED) is 0.646. The standard InChI is InChI=1S/C26H26F2N2O5/c27-26(28)12-22(24(32)33)30(14-26)23(31)11-15-9-16(10-15)29-25(34)35-13-21-19-7-3-1-5-17(19)18-6-2-4-8-20(18)21/h1-8,15-16,21-22H,9-14H2,(H,29,34)(H,32,33)/t15?,16?,22-/m1/s1. The van der Waals surface area contributed by atoms with Gasteiger partial charge >= 0.3 is 12.1 Å². The molecule has 1 heterocycles. The van der Waals surface area contributed by atoms with E-state index in [0.29, 0.717) is 12.8 Å². The van der Waals surface area contributed by atoms with Crippen molar-refractivity contribution in [1.29, 1.82) is 0 Å². The van der Waals surface area contributed by atoms with E-state index in [-0.39, 0.29) is 30.9 Å². The second-order valence-electron chi connectivity index (χ2n) is 9.64. The lowest BCUT2D eigenvalue weighted by atomic mass is 9.78. The molecule has 2 aromatic rings. The van der Waals surface area contributed by atoms with Crippen LogP contribution in [0.4, 0.5) is 13.6 Å². The van der Waals surface area contributed by atoms with E-state index in [9.17, 15) is 23.2 Å². The Bertz CT molecular complexity index is 1120. The summed E-state index contributed by atoms with van der Waals surface area (Å²) >= 11 is 0. The maximum atomic E-state index is 13.6. The number of nitrogens with one attached hydrogen (secondary N) is 1. The number of hydrogen-bond donors (Lipinski definition) is 2. The van der Waals surface area contributed by atoms with E-state index in [2.05, 4.69) is 17.4 Å². The number of carboxylic acids is 1. The lowest BCUT2D eigenvalue weighted by Gasteiger charge is -2.36. The van der Waals surface area contributed by atoms with Gasteiger partial charge in [-0.3, -0.25) is 4.79 Å². The summed E-state index contributed by atoms with van der Waals surface area (Å²) in [5.74, 6) is -5.32. The molecular formula is C26H26F2N2O5. The van der Waals surface area contributed by atoms with Crippen LogP contribution in [-0.4, -0.2) is 59.1 Å². The van der Waals surface area contributed by atoms with Crippen LogP contribution >= 0.6 is 0 Å². The molecule has 35 heavy (non-hydrogen) atoms. The zero-order valence-electron chi connectivity index (χ0n) is 19.0. The fourth-order valence-electron chi connectivity index (χ4n) is 5.49. The van der Waals surface area contributed by atoms with Crippen LogP contribution in [0.5, 0.6) is 0 Å². The number of hydrogen-bond acceptors (Lipinski definition) is 4. The Morgan fingerprint density at radius 1 is 1.03 bits per heavy atom. The topological polar surface area (TPSA) is 95.9 Å². The number of alkyl halides is 2. The number of rotatable bonds is 6. The van der Waals surface area contributed by atoms with E-state index >= 15 is 0 Å². The van der Waals surface area contributed by atoms with Crippen molar-refractivity contribution in [2.45, 2.75) is 49.6 Å². The first kappa shape index (κ1) is 23.3. The van der Waals surface area contributed by atoms with E-state index in [4.69, 9.17) is 9.84 Å². The number of likely N-dealkylation sites (tertiary alicyclic amines) is 1. The number of amides is 2. The number of carbonyl (C=O) groups is 3. The molecule has 1 saturated heterocycles. The van der Waals surface area contributed by atoms with Gasteiger partial charge in [-0.2, -0.15) is 0 Å². The van der Waals surface area contributed by atoms with E-state index in [1.54, 1.807) is 0 Å². The molecule has 0 spiro atoms. The van der Waals surface area contributed by atoms with Crippen molar-refractivity contribution in [3.8, 4) is 11.1 Å². The van der Waals surface area contributed by atoms with Gasteiger partial charge in [0.1, 0.15) is 12.6 Å². The molecular weight excluding hydrogens is 458 g/mol. The van der Waals surface area contributed by atoms with E-state index < -0.39 is 42.9 Å². The smallest absolute Gasteiger partial charge is 0.407 e. The molecule has 2 amide bonds. The van der Waals surface area contributed by atoms with E-state index in [1.165, 1.54) is 0 Å². The minimum atomic E-state index is -3.19. The Balaban J connectivity index is 1.09. The van der Waals surface area contributed by atoms with Gasteiger partial charge in [0.05, 0.1) is 6.54 Å². The highest BCUT2D eigenvalue weighted by atomic mass is 19.3. The number of carbonyl (C=O) groups excluding carboxylic acids is 2. The third kappa shape index (κ3) is 4.59. The Hall–Kier alpha value is -3.49. The molecule has 0 radical (unpaired) electrons. The van der Waals surface area contributed by atoms with E-state index in [0.717, 1.165) is 27.2 Å². The normalized spacial score (nSPS) is 24.3. The largest absolute Gasteiger partial charge is 0.480 e. The predicted octanol–water partition coefficient (Wildman–Crippen LogP) is 4.01. The molecule has 7 nitrogen and oxygen atoms in total. The van der Waals surface area contributed by atoms with Crippen LogP contribution in [0.3, 0.4) is 0 Å². The summed E-state index contributed by atoms with van der Waals surface area (Å²) in [5.41, 5.74) is 4.53. The number of fused-ring (bicyclic) bond motifs is 3. The highest BCUT2D eigenvalue weighted by Gasteiger charge is 2.50. The first-order valence-electron chi connectivity index (χ1n) is 11.7. The van der Waals surface area contributed by atoms with Crippen molar-refractivity contribution >= 4 is 18.0 Å². The second-order valence-corrected chi connectivity index (χ2v) is 9.64. The number of halogens is 2. The van der Waals surface area contributed by atoms with Crippen LogP contribution < -0.4 is 5.32 Å². The Morgan fingerprint density at radius 3 is 2.23 bits per heavy atom. The van der Waals surface area contributed by atoms with Crippen LogP contribution in [0.15, 0.2) is 48.5 Å². The Morgan fingerprint density at radius 2 is 1.63 bits per heavy atom. The summed E-state index contributed by atoms with van der Waals surface area (Å²) in [6, 6.07) is 14.5. The monoisotopic (exact) mass is 484 g/mol. The second kappa shape index (κ2) is 8.94. The Labute approximate surface area is 201 Å². The molecule has 0 aromatic heterocycles. The molecule has 1 saturated carbocycles. The molecule has 184 valence electrons. The van der Waals surface area contributed by atoms with Crippen molar-refractivity contribution in [2.24, 2.45) is 5.92 Å². The third-order valence-corrected chi connectivity index (χ3v) is 7.24. The first-order chi connectivity index (χ1) is 16.7. The summed E-state index contributed by atoms with van der Waals surface area (Å²) < 4.78 is 32.8. The molecule has 2 aromatic carbocycles. The van der Waals surface area contributed by atoms with Gasteiger partial charge in [-0.1, -0.05) is 48.5 Å². The molecule has 9 heteroatoms. The predicted molar refractivity (Wildman–Crippen MR) is 122 cm³/mol. The molecule has 0 unspecified atom stereocenters. The molecule has 1 atom stereocenters. The van der Waals surface area contributed by atoms with Gasteiger partial charge in [-0.25, -0.2) is 18.4 Å². The number of alkyl carbamates (subject to hydrolysis) is 1. The minimum absolute atomic E-state index is 0.0112. The lowest BCUT2D eigenvalue weighted by molar-refractivity contribution is -0.148. The number of aliphatic carboxylic acids is 1. The molecule has 2 aliphatic carbocycles. The van der Waals surface area contributed by atoms with Crippen LogP contribution in [0.25, 0.3) is 11.1 Å². The van der Waals surface area contributed by atoms with Crippen LogP contribution in [-0.2, 0) is 14.3 Å². The van der Waals surface area contributed by atoms with Crippen LogP contribution in [0.1, 0.15) is 42.7 Å². The van der Waals surface area contributed by atoms with Crippen molar-refractivity contribution in [3.05, 3.63) is 59.7 Å². The molecule has 3 aliphatic rings. The van der Waals surface area contributed by atoms with Crippen molar-refractivity contribution in [1.82, 2.24) is 10.2 Å². The zero-order valence-corrected chi connectivity index (χ0v) is 19.0. The lowest BCUT2D eigenvalue weighted by Crippen LogP contribution is -2.47. The van der Waals surface area contributed by atoms with Gasteiger partial charge in [0.2, 0.25) is 5.91 Å². The molecule has 2 fully saturated rings. The summed E-state index contributed by atoms with van der Waals surface area (Å²) in [6.07, 6.45) is -0.379. The number of nitrogens with zero attached hydrogens (tertiary/aromatic N) is 1. The average Bonchev–Trinajstić information content (AvgIpc) is 3.30. The number of ether oxygens (including phenoxy) is 1. The number of carboxylic acid groups (broad SMARTS) is 1. The summed E-state index contributed by atoms with van der Waals surface area (Å²) in [7, 11) is 0. The summed E-state index contributed by atoms with van der Waals surface area (Å²) in [4.78, 5) is 36.9.